The Morgan fingerprint density at radius 3 is 2.76 bits per heavy atom. The molecule has 0 N–H and O–H groups in total. The summed E-state index contributed by atoms with van der Waals surface area (Å²) < 4.78 is 16.3. The van der Waals surface area contributed by atoms with Gasteiger partial charge in [-0.15, -0.1) is 0 Å². The number of benzene rings is 2. The van der Waals surface area contributed by atoms with Gasteiger partial charge in [0.15, 0.2) is 0 Å². The van der Waals surface area contributed by atoms with Gasteiger partial charge in [0.2, 0.25) is 0 Å². The van der Waals surface area contributed by atoms with Gasteiger partial charge in [0.05, 0.1) is 5.69 Å². The topological polar surface area (TPSA) is 51.0 Å². The summed E-state index contributed by atoms with van der Waals surface area (Å²) in [6, 6.07) is 20.3. The molecule has 0 spiro atoms. The molecule has 172 valence electrons. The minimum atomic E-state index is -0.279. The molecular weight excluding hydrogens is 427 g/mol. The molecule has 3 heterocycles. The van der Waals surface area contributed by atoms with E-state index in [9.17, 15) is 9.18 Å². The third kappa shape index (κ3) is 4.62. The maximum Gasteiger partial charge on any atom is 0.253 e. The molecule has 0 saturated carbocycles. The Balaban J connectivity index is 1.33. The SMILES string of the molecule is Cc1nccn1Cc1cccc(C(=O)N2CCCC(c3cccc(-c4ccccc4F)n3)C2)c1. The number of hydrogen-bond acceptors (Lipinski definition) is 3. The number of likely N-dealkylation sites (tertiary alicyclic amines) is 1. The first-order valence-corrected chi connectivity index (χ1v) is 11.7. The van der Waals surface area contributed by atoms with E-state index in [1.807, 2.05) is 66.6 Å². The van der Waals surface area contributed by atoms with E-state index in [1.165, 1.54) is 6.07 Å². The Kier molecular flexibility index (Phi) is 6.21. The molecular formula is C28H27FN4O. The first-order valence-electron chi connectivity index (χ1n) is 11.7. The third-order valence-corrected chi connectivity index (χ3v) is 6.50. The molecule has 34 heavy (non-hydrogen) atoms. The van der Waals surface area contributed by atoms with Crippen molar-refractivity contribution in [2.45, 2.75) is 32.2 Å². The van der Waals surface area contributed by atoms with Crippen LogP contribution >= 0.6 is 0 Å². The monoisotopic (exact) mass is 454 g/mol. The molecule has 0 bridgehead atoms. The molecule has 1 aliphatic heterocycles. The molecule has 1 fully saturated rings. The van der Waals surface area contributed by atoms with E-state index in [1.54, 1.807) is 18.3 Å². The number of aryl methyl sites for hydroxylation is 1. The molecule has 2 aromatic heterocycles. The number of aromatic nitrogens is 3. The van der Waals surface area contributed by atoms with Gasteiger partial charge in [0.1, 0.15) is 11.6 Å². The van der Waals surface area contributed by atoms with E-state index in [0.717, 1.165) is 36.5 Å². The first kappa shape index (κ1) is 22.0. The zero-order chi connectivity index (χ0) is 23.5. The predicted octanol–water partition coefficient (Wildman–Crippen LogP) is 5.46. The lowest BCUT2D eigenvalue weighted by molar-refractivity contribution is 0.0706. The largest absolute Gasteiger partial charge is 0.338 e. The molecule has 1 unspecified atom stereocenters. The molecule has 1 saturated heterocycles. The number of imidazole rings is 1. The van der Waals surface area contributed by atoms with Gasteiger partial charge >= 0.3 is 0 Å². The number of carbonyl (C=O) groups is 1. The lowest BCUT2D eigenvalue weighted by atomic mass is 9.93. The smallest absolute Gasteiger partial charge is 0.253 e. The highest BCUT2D eigenvalue weighted by Crippen LogP contribution is 2.29. The van der Waals surface area contributed by atoms with Crippen molar-refractivity contribution in [3.63, 3.8) is 0 Å². The molecule has 4 aromatic rings. The zero-order valence-corrected chi connectivity index (χ0v) is 19.2. The summed E-state index contributed by atoms with van der Waals surface area (Å²) in [4.78, 5) is 24.3. The summed E-state index contributed by atoms with van der Waals surface area (Å²) in [5, 5.41) is 0. The molecule has 0 aliphatic carbocycles. The van der Waals surface area contributed by atoms with Gasteiger partial charge in [-0.25, -0.2) is 9.37 Å². The predicted molar refractivity (Wildman–Crippen MR) is 130 cm³/mol. The Bertz CT molecular complexity index is 1320. The summed E-state index contributed by atoms with van der Waals surface area (Å²) in [6.07, 6.45) is 5.60. The van der Waals surface area contributed by atoms with E-state index in [4.69, 9.17) is 4.98 Å². The fourth-order valence-electron chi connectivity index (χ4n) is 4.65. The molecule has 1 atom stereocenters. The molecule has 2 aromatic carbocycles. The lowest BCUT2D eigenvalue weighted by Crippen LogP contribution is -2.39. The molecule has 1 amide bonds. The van der Waals surface area contributed by atoms with Crippen molar-refractivity contribution in [3.05, 3.63) is 108 Å². The molecule has 0 radical (unpaired) electrons. The Morgan fingerprint density at radius 1 is 1.09 bits per heavy atom. The Labute approximate surface area is 198 Å². The number of nitrogens with zero attached hydrogens (tertiary/aromatic N) is 4. The number of carbonyl (C=O) groups excluding carboxylic acids is 1. The second kappa shape index (κ2) is 9.59. The highest BCUT2D eigenvalue weighted by Gasteiger charge is 2.26. The highest BCUT2D eigenvalue weighted by molar-refractivity contribution is 5.94. The van der Waals surface area contributed by atoms with Crippen molar-refractivity contribution in [1.82, 2.24) is 19.4 Å². The van der Waals surface area contributed by atoms with Crippen LogP contribution in [0.3, 0.4) is 0 Å². The van der Waals surface area contributed by atoms with Crippen molar-refractivity contribution in [1.29, 1.82) is 0 Å². The summed E-state index contributed by atoms with van der Waals surface area (Å²) >= 11 is 0. The van der Waals surface area contributed by atoms with Gasteiger partial charge in [-0.05, 0) is 61.7 Å². The van der Waals surface area contributed by atoms with Crippen LogP contribution in [0, 0.1) is 12.7 Å². The van der Waals surface area contributed by atoms with E-state index in [-0.39, 0.29) is 17.6 Å². The van der Waals surface area contributed by atoms with Crippen molar-refractivity contribution in [3.8, 4) is 11.3 Å². The maximum atomic E-state index is 14.3. The number of amides is 1. The van der Waals surface area contributed by atoms with Crippen LogP contribution in [0.1, 0.15) is 46.2 Å². The normalized spacial score (nSPS) is 15.9. The molecule has 5 rings (SSSR count). The number of piperidine rings is 1. The van der Waals surface area contributed by atoms with E-state index in [0.29, 0.717) is 29.9 Å². The van der Waals surface area contributed by atoms with Gasteiger partial charge in [-0.1, -0.05) is 30.3 Å². The van der Waals surface area contributed by atoms with Crippen LogP contribution in [0.15, 0.2) is 79.1 Å². The number of halogens is 1. The van der Waals surface area contributed by atoms with Gasteiger partial charge in [0, 0.05) is 54.8 Å². The molecule has 5 nitrogen and oxygen atoms in total. The van der Waals surface area contributed by atoms with Gasteiger partial charge in [0.25, 0.3) is 5.91 Å². The zero-order valence-electron chi connectivity index (χ0n) is 19.2. The third-order valence-electron chi connectivity index (χ3n) is 6.50. The Morgan fingerprint density at radius 2 is 1.94 bits per heavy atom. The standard InChI is InChI=1S/C28H27FN4O/c1-20-30-14-16-32(20)18-21-7-4-8-22(17-21)28(34)33-15-6-9-23(19-33)26-12-5-13-27(31-26)24-10-2-3-11-25(24)29/h2-5,7-8,10-14,16-17,23H,6,9,15,18-19H2,1H3. The first-order chi connectivity index (χ1) is 16.6. The average Bonchev–Trinajstić information content (AvgIpc) is 3.28. The minimum Gasteiger partial charge on any atom is -0.338 e. The lowest BCUT2D eigenvalue weighted by Gasteiger charge is -2.33. The van der Waals surface area contributed by atoms with Crippen LogP contribution in [-0.4, -0.2) is 38.4 Å². The van der Waals surface area contributed by atoms with Crippen molar-refractivity contribution in [2.24, 2.45) is 0 Å². The van der Waals surface area contributed by atoms with E-state index < -0.39 is 0 Å². The Hall–Kier alpha value is -3.80. The summed E-state index contributed by atoms with van der Waals surface area (Å²) in [5.74, 6) is 0.833. The average molecular weight is 455 g/mol. The molecule has 1 aliphatic rings. The van der Waals surface area contributed by atoms with E-state index >= 15 is 0 Å². The van der Waals surface area contributed by atoms with Crippen LogP contribution in [-0.2, 0) is 6.54 Å². The second-order valence-corrected chi connectivity index (χ2v) is 8.82. The van der Waals surface area contributed by atoms with Gasteiger partial charge in [-0.2, -0.15) is 0 Å². The van der Waals surface area contributed by atoms with E-state index in [2.05, 4.69) is 9.55 Å². The fourth-order valence-corrected chi connectivity index (χ4v) is 4.65. The van der Waals surface area contributed by atoms with Gasteiger partial charge in [-0.3, -0.25) is 9.78 Å². The molecule has 6 heteroatoms. The van der Waals surface area contributed by atoms with Crippen LogP contribution in [0.4, 0.5) is 4.39 Å². The van der Waals surface area contributed by atoms with Gasteiger partial charge < -0.3 is 9.47 Å². The highest BCUT2D eigenvalue weighted by atomic mass is 19.1. The fraction of sp³-hybridized carbons (Fsp3) is 0.250. The second-order valence-electron chi connectivity index (χ2n) is 8.82. The van der Waals surface area contributed by atoms with Crippen molar-refractivity contribution >= 4 is 5.91 Å². The van der Waals surface area contributed by atoms with Crippen LogP contribution in [0.2, 0.25) is 0 Å². The van der Waals surface area contributed by atoms with Crippen LogP contribution in [0.25, 0.3) is 11.3 Å². The van der Waals surface area contributed by atoms with Crippen LogP contribution in [0.5, 0.6) is 0 Å². The number of rotatable bonds is 5. The number of hydrogen-bond donors (Lipinski definition) is 0. The minimum absolute atomic E-state index is 0.0409. The van der Waals surface area contributed by atoms with Crippen molar-refractivity contribution < 1.29 is 9.18 Å². The summed E-state index contributed by atoms with van der Waals surface area (Å²) in [6.45, 7) is 3.99. The quantitative estimate of drug-likeness (QED) is 0.402. The summed E-state index contributed by atoms with van der Waals surface area (Å²) in [5.41, 5.74) is 3.80. The van der Waals surface area contributed by atoms with Crippen molar-refractivity contribution in [2.75, 3.05) is 13.1 Å². The summed E-state index contributed by atoms with van der Waals surface area (Å²) in [7, 11) is 0. The maximum absolute atomic E-state index is 14.3. The number of pyridine rings is 1. The van der Waals surface area contributed by atoms with Crippen LogP contribution < -0.4 is 0 Å².